The quantitative estimate of drug-likeness (QED) is 0.705. The Balaban J connectivity index is 1.96. The lowest BCUT2D eigenvalue weighted by molar-refractivity contribution is -0.137. The summed E-state index contributed by atoms with van der Waals surface area (Å²) in [5.41, 5.74) is 0.314. The van der Waals surface area contributed by atoms with Crippen LogP contribution in [0.5, 0.6) is 0 Å². The topological polar surface area (TPSA) is 3.24 Å². The third-order valence-corrected chi connectivity index (χ3v) is 4.28. The number of benzene rings is 1. The summed E-state index contributed by atoms with van der Waals surface area (Å²) in [4.78, 5) is 1.97. The molecular formula is C15H17ClF3N. The summed E-state index contributed by atoms with van der Waals surface area (Å²) < 4.78 is 39.9. The molecule has 2 fully saturated rings. The number of nitrogens with zero attached hydrogens (tertiary/aromatic N) is 1. The first-order valence-corrected chi connectivity index (χ1v) is 7.55. The Morgan fingerprint density at radius 3 is 2.35 bits per heavy atom. The van der Waals surface area contributed by atoms with Crippen molar-refractivity contribution >= 4 is 17.3 Å². The molecule has 1 nitrogen and oxygen atoms in total. The van der Waals surface area contributed by atoms with Crippen molar-refractivity contribution in [1.82, 2.24) is 0 Å². The van der Waals surface area contributed by atoms with Crippen molar-refractivity contribution in [2.45, 2.75) is 43.8 Å². The number of alkyl halides is 4. The highest BCUT2D eigenvalue weighted by Gasteiger charge is 2.40. The summed E-state index contributed by atoms with van der Waals surface area (Å²) in [5.74, 6) is 0.680. The van der Waals surface area contributed by atoms with Crippen molar-refractivity contribution in [3.05, 3.63) is 29.3 Å². The molecule has 5 heteroatoms. The van der Waals surface area contributed by atoms with Gasteiger partial charge >= 0.3 is 6.18 Å². The highest BCUT2D eigenvalue weighted by atomic mass is 35.5. The van der Waals surface area contributed by atoms with Crippen LogP contribution in [0.2, 0.25) is 0 Å². The zero-order chi connectivity index (χ0) is 14.3. The molecule has 2 aliphatic carbocycles. The van der Waals surface area contributed by atoms with E-state index in [0.29, 0.717) is 23.2 Å². The molecule has 0 aromatic heterocycles. The molecule has 0 bridgehead atoms. The highest BCUT2D eigenvalue weighted by Crippen LogP contribution is 2.43. The molecule has 20 heavy (non-hydrogen) atoms. The maximum atomic E-state index is 13.3. The monoisotopic (exact) mass is 303 g/mol. The smallest absolute Gasteiger partial charge is 0.368 e. The van der Waals surface area contributed by atoms with Gasteiger partial charge in [0.1, 0.15) is 0 Å². The Kier molecular flexibility index (Phi) is 3.61. The van der Waals surface area contributed by atoms with Gasteiger partial charge in [-0.3, -0.25) is 0 Å². The first kappa shape index (κ1) is 14.1. The van der Waals surface area contributed by atoms with E-state index in [9.17, 15) is 13.2 Å². The first-order chi connectivity index (χ1) is 9.49. The molecule has 0 radical (unpaired) electrons. The van der Waals surface area contributed by atoms with Gasteiger partial charge in [0.2, 0.25) is 0 Å². The Morgan fingerprint density at radius 1 is 1.15 bits per heavy atom. The van der Waals surface area contributed by atoms with Crippen LogP contribution >= 0.6 is 11.6 Å². The average molecular weight is 304 g/mol. The molecule has 1 aromatic carbocycles. The number of anilines is 1. The summed E-state index contributed by atoms with van der Waals surface area (Å²) in [6, 6.07) is 4.80. The summed E-state index contributed by atoms with van der Waals surface area (Å²) in [6.07, 6.45) is -0.0364. The van der Waals surface area contributed by atoms with Gasteiger partial charge in [0.15, 0.2) is 0 Å². The Hall–Kier alpha value is -0.900. The molecule has 2 aliphatic rings. The standard InChI is InChI=1S/C15H17ClF3N/c16-8-11-3-6-14(13(7-11)15(17,18)19)20(12-4-5-12)9-10-1-2-10/h3,6-7,10,12H,1-2,4-5,8-9H2. The summed E-state index contributed by atoms with van der Waals surface area (Å²) in [5, 5.41) is 0. The lowest BCUT2D eigenvalue weighted by atomic mass is 10.1. The number of hydrogen-bond acceptors (Lipinski definition) is 1. The number of halogens is 4. The summed E-state index contributed by atoms with van der Waals surface area (Å²) in [6.45, 7) is 0.758. The lowest BCUT2D eigenvalue weighted by Crippen LogP contribution is -2.30. The molecule has 0 unspecified atom stereocenters. The van der Waals surface area contributed by atoms with Gasteiger partial charge in [-0.05, 0) is 49.3 Å². The van der Waals surface area contributed by atoms with Crippen LogP contribution in [0.25, 0.3) is 0 Å². The Morgan fingerprint density at radius 2 is 1.85 bits per heavy atom. The third kappa shape index (κ3) is 3.05. The minimum absolute atomic E-state index is 0.107. The van der Waals surface area contributed by atoms with Crippen molar-refractivity contribution in [3.63, 3.8) is 0 Å². The van der Waals surface area contributed by atoms with Gasteiger partial charge < -0.3 is 4.90 Å². The summed E-state index contributed by atoms with van der Waals surface area (Å²) in [7, 11) is 0. The second-order valence-corrected chi connectivity index (χ2v) is 6.08. The maximum absolute atomic E-state index is 13.3. The van der Waals surface area contributed by atoms with E-state index in [4.69, 9.17) is 11.6 Å². The van der Waals surface area contributed by atoms with Gasteiger partial charge in [0.05, 0.1) is 5.56 Å². The van der Waals surface area contributed by atoms with Gasteiger partial charge in [0.25, 0.3) is 0 Å². The highest BCUT2D eigenvalue weighted by molar-refractivity contribution is 6.17. The molecule has 0 spiro atoms. The molecule has 0 amide bonds. The third-order valence-electron chi connectivity index (χ3n) is 3.97. The van der Waals surface area contributed by atoms with Crippen LogP contribution in [0.1, 0.15) is 36.8 Å². The average Bonchev–Trinajstić information content (AvgIpc) is 3.26. The van der Waals surface area contributed by atoms with Gasteiger partial charge in [-0.25, -0.2) is 0 Å². The minimum atomic E-state index is -4.33. The Bertz CT molecular complexity index is 492. The molecule has 0 heterocycles. The zero-order valence-electron chi connectivity index (χ0n) is 11.1. The van der Waals surface area contributed by atoms with Gasteiger partial charge in [-0.1, -0.05) is 6.07 Å². The molecule has 1 aromatic rings. The molecule has 0 N–H and O–H groups in total. The predicted molar refractivity (Wildman–Crippen MR) is 74.1 cm³/mol. The van der Waals surface area contributed by atoms with E-state index in [2.05, 4.69) is 0 Å². The van der Waals surface area contributed by atoms with Crippen molar-refractivity contribution in [1.29, 1.82) is 0 Å². The van der Waals surface area contributed by atoms with Crippen LogP contribution < -0.4 is 4.90 Å². The van der Waals surface area contributed by atoms with Gasteiger partial charge in [-0.15, -0.1) is 11.6 Å². The Labute approximate surface area is 121 Å². The van der Waals surface area contributed by atoms with Crippen molar-refractivity contribution < 1.29 is 13.2 Å². The predicted octanol–water partition coefficient (Wildman–Crippen LogP) is 4.82. The molecule has 0 atom stereocenters. The van der Waals surface area contributed by atoms with E-state index < -0.39 is 11.7 Å². The fourth-order valence-electron chi connectivity index (χ4n) is 2.55. The van der Waals surface area contributed by atoms with E-state index in [-0.39, 0.29) is 5.88 Å². The fourth-order valence-corrected chi connectivity index (χ4v) is 2.72. The van der Waals surface area contributed by atoms with E-state index >= 15 is 0 Å². The van der Waals surface area contributed by atoms with E-state index in [1.165, 1.54) is 6.07 Å². The van der Waals surface area contributed by atoms with Gasteiger partial charge in [-0.2, -0.15) is 13.2 Å². The fraction of sp³-hybridized carbons (Fsp3) is 0.600. The van der Waals surface area contributed by atoms with Crippen LogP contribution in [0.3, 0.4) is 0 Å². The zero-order valence-corrected chi connectivity index (χ0v) is 11.8. The van der Waals surface area contributed by atoms with E-state index in [1.54, 1.807) is 12.1 Å². The summed E-state index contributed by atoms with van der Waals surface area (Å²) >= 11 is 5.67. The first-order valence-electron chi connectivity index (χ1n) is 7.02. The molecule has 2 saturated carbocycles. The maximum Gasteiger partial charge on any atom is 0.418 e. The van der Waals surface area contributed by atoms with Gasteiger partial charge in [0, 0.05) is 24.2 Å². The molecule has 0 aliphatic heterocycles. The van der Waals surface area contributed by atoms with Crippen LogP contribution in [0.4, 0.5) is 18.9 Å². The number of hydrogen-bond donors (Lipinski definition) is 0. The van der Waals surface area contributed by atoms with Crippen molar-refractivity contribution in [3.8, 4) is 0 Å². The SMILES string of the molecule is FC(F)(F)c1cc(CCl)ccc1N(CC1CC1)C1CC1. The number of rotatable bonds is 5. The largest absolute Gasteiger partial charge is 0.418 e. The molecular weight excluding hydrogens is 287 g/mol. The van der Waals surface area contributed by atoms with E-state index in [0.717, 1.165) is 32.2 Å². The van der Waals surface area contributed by atoms with Crippen molar-refractivity contribution in [2.75, 3.05) is 11.4 Å². The second kappa shape index (κ2) is 5.14. The normalized spacial score (nSPS) is 19.2. The van der Waals surface area contributed by atoms with Crippen LogP contribution in [-0.2, 0) is 12.1 Å². The van der Waals surface area contributed by atoms with E-state index in [1.807, 2.05) is 4.90 Å². The van der Waals surface area contributed by atoms with Crippen molar-refractivity contribution in [2.24, 2.45) is 5.92 Å². The second-order valence-electron chi connectivity index (χ2n) is 5.81. The van der Waals surface area contributed by atoms with Crippen LogP contribution in [-0.4, -0.2) is 12.6 Å². The molecule has 0 saturated heterocycles. The van der Waals surface area contributed by atoms with Crippen LogP contribution in [0.15, 0.2) is 18.2 Å². The molecule has 110 valence electrons. The minimum Gasteiger partial charge on any atom is -0.368 e. The molecule has 3 rings (SSSR count). The van der Waals surface area contributed by atoms with Crippen LogP contribution in [0, 0.1) is 5.92 Å². The lowest BCUT2D eigenvalue weighted by Gasteiger charge is -2.28.